The van der Waals surface area contributed by atoms with E-state index >= 15 is 0 Å². The third-order valence-electron chi connectivity index (χ3n) is 4.68. The molecule has 3 heteroatoms. The van der Waals surface area contributed by atoms with Crippen molar-refractivity contribution >= 4 is 22.9 Å². The number of thiocarbonyl (C=S) groups is 1. The van der Waals surface area contributed by atoms with Gasteiger partial charge in [0, 0.05) is 24.3 Å². The van der Waals surface area contributed by atoms with Crippen LogP contribution in [0, 0.1) is 11.8 Å². The Hall–Kier alpha value is -1.09. The van der Waals surface area contributed by atoms with E-state index < -0.39 is 0 Å². The van der Waals surface area contributed by atoms with E-state index in [2.05, 4.69) is 37.9 Å². The zero-order valence-electron chi connectivity index (χ0n) is 12.1. The van der Waals surface area contributed by atoms with Gasteiger partial charge < -0.3 is 10.6 Å². The summed E-state index contributed by atoms with van der Waals surface area (Å²) in [5, 5.41) is 0. The SMILES string of the molecule is CC1CCC(N(C)c2ccc(C(N)=S)cc2)CC1C. The number of rotatable bonds is 3. The Morgan fingerprint density at radius 3 is 2.32 bits per heavy atom. The van der Waals surface area contributed by atoms with E-state index in [0.717, 1.165) is 17.4 Å². The van der Waals surface area contributed by atoms with E-state index in [0.29, 0.717) is 11.0 Å². The van der Waals surface area contributed by atoms with Crippen molar-refractivity contribution in [3.8, 4) is 0 Å². The van der Waals surface area contributed by atoms with Gasteiger partial charge in [0.1, 0.15) is 4.99 Å². The Kier molecular flexibility index (Phi) is 4.46. The van der Waals surface area contributed by atoms with Gasteiger partial charge in [0.25, 0.3) is 0 Å². The molecular weight excluding hydrogens is 252 g/mol. The van der Waals surface area contributed by atoms with Crippen LogP contribution in [0.5, 0.6) is 0 Å². The molecule has 0 aliphatic heterocycles. The van der Waals surface area contributed by atoms with Crippen LogP contribution in [0.15, 0.2) is 24.3 Å². The number of hydrogen-bond acceptors (Lipinski definition) is 2. The highest BCUT2D eigenvalue weighted by Crippen LogP contribution is 2.33. The highest BCUT2D eigenvalue weighted by molar-refractivity contribution is 7.80. The summed E-state index contributed by atoms with van der Waals surface area (Å²) in [6, 6.07) is 8.93. The normalized spacial score (nSPS) is 27.0. The zero-order valence-corrected chi connectivity index (χ0v) is 12.9. The molecule has 1 aromatic carbocycles. The lowest BCUT2D eigenvalue weighted by Gasteiger charge is -2.38. The molecule has 2 nitrogen and oxygen atoms in total. The molecule has 0 spiro atoms. The molecule has 1 aliphatic carbocycles. The zero-order chi connectivity index (χ0) is 14.0. The van der Waals surface area contributed by atoms with E-state index in [-0.39, 0.29) is 0 Å². The van der Waals surface area contributed by atoms with Crippen molar-refractivity contribution in [2.75, 3.05) is 11.9 Å². The van der Waals surface area contributed by atoms with Gasteiger partial charge in [-0.2, -0.15) is 0 Å². The number of anilines is 1. The Balaban J connectivity index is 2.07. The number of nitrogens with two attached hydrogens (primary N) is 1. The maximum absolute atomic E-state index is 5.63. The van der Waals surface area contributed by atoms with Gasteiger partial charge >= 0.3 is 0 Å². The van der Waals surface area contributed by atoms with Crippen molar-refractivity contribution in [2.45, 2.75) is 39.2 Å². The number of nitrogens with zero attached hydrogens (tertiary/aromatic N) is 1. The molecule has 3 unspecified atom stereocenters. The van der Waals surface area contributed by atoms with E-state index in [1.807, 2.05) is 12.1 Å². The largest absolute Gasteiger partial charge is 0.389 e. The van der Waals surface area contributed by atoms with Gasteiger partial charge in [-0.25, -0.2) is 0 Å². The van der Waals surface area contributed by atoms with Gasteiger partial charge in [-0.05, 0) is 55.4 Å². The van der Waals surface area contributed by atoms with Gasteiger partial charge in [-0.15, -0.1) is 0 Å². The fourth-order valence-corrected chi connectivity index (χ4v) is 3.08. The molecule has 1 aliphatic rings. The molecule has 1 fully saturated rings. The third kappa shape index (κ3) is 3.27. The summed E-state index contributed by atoms with van der Waals surface area (Å²) < 4.78 is 0. The van der Waals surface area contributed by atoms with Crippen LogP contribution in [0.3, 0.4) is 0 Å². The van der Waals surface area contributed by atoms with Crippen LogP contribution < -0.4 is 10.6 Å². The third-order valence-corrected chi connectivity index (χ3v) is 4.91. The molecule has 0 aromatic heterocycles. The lowest BCUT2D eigenvalue weighted by molar-refractivity contribution is 0.247. The Labute approximate surface area is 122 Å². The summed E-state index contributed by atoms with van der Waals surface area (Å²) in [5.74, 6) is 1.68. The molecule has 3 atom stereocenters. The van der Waals surface area contributed by atoms with Crippen LogP contribution in [0.4, 0.5) is 5.69 Å². The highest BCUT2D eigenvalue weighted by atomic mass is 32.1. The van der Waals surface area contributed by atoms with Crippen LogP contribution in [0.25, 0.3) is 0 Å². The maximum atomic E-state index is 5.63. The molecule has 1 aromatic rings. The van der Waals surface area contributed by atoms with Gasteiger partial charge in [0.15, 0.2) is 0 Å². The molecule has 0 amide bonds. The van der Waals surface area contributed by atoms with E-state index in [1.54, 1.807) is 0 Å². The Morgan fingerprint density at radius 1 is 1.16 bits per heavy atom. The summed E-state index contributed by atoms with van der Waals surface area (Å²) in [4.78, 5) is 2.88. The summed E-state index contributed by atoms with van der Waals surface area (Å²) in [7, 11) is 2.20. The first-order chi connectivity index (χ1) is 8.99. The molecule has 2 N–H and O–H groups in total. The molecule has 0 heterocycles. The van der Waals surface area contributed by atoms with Crippen molar-refractivity contribution in [2.24, 2.45) is 17.6 Å². The van der Waals surface area contributed by atoms with Crippen LogP contribution in [-0.2, 0) is 0 Å². The van der Waals surface area contributed by atoms with Crippen LogP contribution in [-0.4, -0.2) is 18.1 Å². The first kappa shape index (κ1) is 14.3. The lowest BCUT2D eigenvalue weighted by atomic mass is 9.78. The summed E-state index contributed by atoms with van der Waals surface area (Å²) >= 11 is 4.99. The standard InChI is InChI=1S/C16H24N2S/c1-11-4-7-15(10-12(11)2)18(3)14-8-5-13(6-9-14)16(17)19/h5-6,8-9,11-12,15H,4,7,10H2,1-3H3,(H2,17,19). The molecule has 1 saturated carbocycles. The second-order valence-corrected chi connectivity index (χ2v) is 6.38. The van der Waals surface area contributed by atoms with Crippen LogP contribution in [0.1, 0.15) is 38.7 Å². The topological polar surface area (TPSA) is 29.3 Å². The fraction of sp³-hybridized carbons (Fsp3) is 0.562. The Morgan fingerprint density at radius 2 is 1.79 bits per heavy atom. The monoisotopic (exact) mass is 276 g/mol. The van der Waals surface area contributed by atoms with Gasteiger partial charge in [0.2, 0.25) is 0 Å². The maximum Gasteiger partial charge on any atom is 0.103 e. The fourth-order valence-electron chi connectivity index (χ4n) is 2.94. The number of hydrogen-bond donors (Lipinski definition) is 1. The van der Waals surface area contributed by atoms with E-state index in [9.17, 15) is 0 Å². The van der Waals surface area contributed by atoms with Crippen molar-refractivity contribution in [3.05, 3.63) is 29.8 Å². The highest BCUT2D eigenvalue weighted by Gasteiger charge is 2.27. The van der Waals surface area contributed by atoms with Crippen molar-refractivity contribution in [1.29, 1.82) is 0 Å². The predicted molar refractivity (Wildman–Crippen MR) is 86.7 cm³/mol. The first-order valence-corrected chi connectivity index (χ1v) is 7.52. The van der Waals surface area contributed by atoms with Crippen molar-refractivity contribution in [3.63, 3.8) is 0 Å². The minimum absolute atomic E-state index is 0.467. The average molecular weight is 276 g/mol. The molecule has 19 heavy (non-hydrogen) atoms. The quantitative estimate of drug-likeness (QED) is 0.856. The molecule has 0 saturated heterocycles. The van der Waals surface area contributed by atoms with Crippen molar-refractivity contribution in [1.82, 2.24) is 0 Å². The molecule has 0 radical (unpaired) electrons. The lowest BCUT2D eigenvalue weighted by Crippen LogP contribution is -2.37. The Bertz CT molecular complexity index is 441. The van der Waals surface area contributed by atoms with Crippen LogP contribution >= 0.6 is 12.2 Å². The van der Waals surface area contributed by atoms with Gasteiger partial charge in [-0.3, -0.25) is 0 Å². The molecular formula is C16H24N2S. The minimum Gasteiger partial charge on any atom is -0.389 e. The van der Waals surface area contributed by atoms with Gasteiger partial charge in [-0.1, -0.05) is 26.1 Å². The second kappa shape index (κ2) is 5.91. The summed E-state index contributed by atoms with van der Waals surface area (Å²) in [5.41, 5.74) is 7.83. The minimum atomic E-state index is 0.467. The van der Waals surface area contributed by atoms with E-state index in [4.69, 9.17) is 18.0 Å². The molecule has 0 bridgehead atoms. The second-order valence-electron chi connectivity index (χ2n) is 5.94. The van der Waals surface area contributed by atoms with Gasteiger partial charge in [0.05, 0.1) is 0 Å². The predicted octanol–water partition coefficient (Wildman–Crippen LogP) is 3.58. The summed E-state index contributed by atoms with van der Waals surface area (Å²) in [6.07, 6.45) is 3.91. The van der Waals surface area contributed by atoms with E-state index in [1.165, 1.54) is 24.9 Å². The molecule has 2 rings (SSSR count). The smallest absolute Gasteiger partial charge is 0.103 e. The van der Waals surface area contributed by atoms with Crippen LogP contribution in [0.2, 0.25) is 0 Å². The number of benzene rings is 1. The van der Waals surface area contributed by atoms with Crippen molar-refractivity contribution < 1.29 is 0 Å². The first-order valence-electron chi connectivity index (χ1n) is 7.11. The molecule has 104 valence electrons. The summed E-state index contributed by atoms with van der Waals surface area (Å²) in [6.45, 7) is 4.75. The average Bonchev–Trinajstić information content (AvgIpc) is 2.41.